The number of thioether (sulfide) groups is 2. The van der Waals surface area contributed by atoms with E-state index in [0.717, 1.165) is 22.6 Å². The minimum Gasteiger partial charge on any atom is -0.373 e. The van der Waals surface area contributed by atoms with Crippen LogP contribution < -0.4 is 5.32 Å². The molecule has 0 spiro atoms. The smallest absolute Gasteiger partial charge is 0.144 e. The Bertz CT molecular complexity index is 462. The zero-order valence-corrected chi connectivity index (χ0v) is 13.4. The molecule has 104 valence electrons. The Kier molecular flexibility index (Phi) is 3.94. The molecular formula is C14H21N3S2. The highest BCUT2D eigenvalue weighted by molar-refractivity contribution is 8.07. The van der Waals surface area contributed by atoms with Gasteiger partial charge in [-0.2, -0.15) is 11.8 Å². The van der Waals surface area contributed by atoms with Gasteiger partial charge in [0.2, 0.25) is 0 Å². The second kappa shape index (κ2) is 5.52. The quantitative estimate of drug-likeness (QED) is 0.920. The molecule has 1 saturated heterocycles. The van der Waals surface area contributed by atoms with E-state index in [1.54, 1.807) is 0 Å². The van der Waals surface area contributed by atoms with Gasteiger partial charge in [-0.15, -0.1) is 11.8 Å². The summed E-state index contributed by atoms with van der Waals surface area (Å²) in [5.41, 5.74) is 1.24. The predicted octanol–water partition coefficient (Wildman–Crippen LogP) is 3.69. The van der Waals surface area contributed by atoms with Crippen LogP contribution in [0, 0.1) is 0 Å². The summed E-state index contributed by atoms with van der Waals surface area (Å²) in [5.74, 6) is 3.83. The minimum absolute atomic E-state index is 0.446. The molecule has 2 aliphatic rings. The molecule has 3 atom stereocenters. The second-order valence-corrected chi connectivity index (χ2v) is 8.42. The third kappa shape index (κ3) is 3.02. The summed E-state index contributed by atoms with van der Waals surface area (Å²) in [6.45, 7) is 4.64. The maximum Gasteiger partial charge on any atom is 0.144 e. The van der Waals surface area contributed by atoms with Crippen molar-refractivity contribution in [2.24, 2.45) is 0 Å². The molecular weight excluding hydrogens is 274 g/mol. The lowest BCUT2D eigenvalue weighted by molar-refractivity contribution is 0.840. The summed E-state index contributed by atoms with van der Waals surface area (Å²) in [6, 6.07) is 2.12. The Morgan fingerprint density at radius 2 is 2.00 bits per heavy atom. The third-order valence-corrected chi connectivity index (χ3v) is 7.24. The van der Waals surface area contributed by atoms with Crippen LogP contribution in [0.15, 0.2) is 6.07 Å². The summed E-state index contributed by atoms with van der Waals surface area (Å²) >= 11 is 4.09. The van der Waals surface area contributed by atoms with E-state index in [0.29, 0.717) is 16.4 Å². The van der Waals surface area contributed by atoms with E-state index in [-0.39, 0.29) is 0 Å². The van der Waals surface area contributed by atoms with Gasteiger partial charge in [-0.1, -0.05) is 13.8 Å². The summed E-state index contributed by atoms with van der Waals surface area (Å²) in [5, 5.41) is 5.04. The van der Waals surface area contributed by atoms with Crippen LogP contribution in [0.2, 0.25) is 0 Å². The zero-order chi connectivity index (χ0) is 13.4. The van der Waals surface area contributed by atoms with Gasteiger partial charge in [0.15, 0.2) is 0 Å². The van der Waals surface area contributed by atoms with Gasteiger partial charge in [0.25, 0.3) is 0 Å². The van der Waals surface area contributed by atoms with Crippen molar-refractivity contribution in [1.82, 2.24) is 9.97 Å². The highest BCUT2D eigenvalue weighted by Gasteiger charge is 2.31. The largest absolute Gasteiger partial charge is 0.373 e. The zero-order valence-electron chi connectivity index (χ0n) is 11.7. The second-order valence-electron chi connectivity index (χ2n) is 5.43. The van der Waals surface area contributed by atoms with Crippen LogP contribution in [0.5, 0.6) is 0 Å². The number of aromatic nitrogens is 2. The van der Waals surface area contributed by atoms with Crippen LogP contribution >= 0.6 is 23.5 Å². The maximum atomic E-state index is 4.84. The monoisotopic (exact) mass is 295 g/mol. The Labute approximate surface area is 123 Å². The molecule has 1 aliphatic heterocycles. The standard InChI is InChI=1S/C14H21N3S2/c1-8-9(2)19-12(7-18-8)14-16-11(10-4-5-10)6-13(15-3)17-14/h6,8-10,12H,4-5,7H2,1-3H3,(H,15,16,17). The van der Waals surface area contributed by atoms with Crippen molar-refractivity contribution in [3.05, 3.63) is 17.6 Å². The first-order valence-corrected chi connectivity index (χ1v) is 9.00. The Balaban J connectivity index is 1.84. The summed E-state index contributed by atoms with van der Waals surface area (Å²) in [6.07, 6.45) is 2.58. The molecule has 1 N–H and O–H groups in total. The molecule has 3 unspecified atom stereocenters. The SMILES string of the molecule is CNc1cc(C2CC2)nc(C2CSC(C)C(C)S2)n1. The number of rotatable bonds is 3. The fraction of sp³-hybridized carbons (Fsp3) is 0.714. The van der Waals surface area contributed by atoms with Gasteiger partial charge in [-0.3, -0.25) is 0 Å². The normalized spacial score (nSPS) is 31.2. The van der Waals surface area contributed by atoms with Crippen LogP contribution in [0.25, 0.3) is 0 Å². The number of nitrogens with zero attached hydrogens (tertiary/aromatic N) is 2. The summed E-state index contributed by atoms with van der Waals surface area (Å²) in [7, 11) is 1.94. The van der Waals surface area contributed by atoms with Crippen LogP contribution in [0.1, 0.15) is 49.4 Å². The molecule has 0 aromatic carbocycles. The molecule has 1 saturated carbocycles. The predicted molar refractivity (Wildman–Crippen MR) is 85.3 cm³/mol. The number of anilines is 1. The van der Waals surface area contributed by atoms with Crippen molar-refractivity contribution in [1.29, 1.82) is 0 Å². The molecule has 5 heteroatoms. The highest BCUT2D eigenvalue weighted by Crippen LogP contribution is 2.45. The Hall–Kier alpha value is -0.420. The fourth-order valence-electron chi connectivity index (χ4n) is 2.26. The first-order chi connectivity index (χ1) is 9.17. The molecule has 0 radical (unpaired) electrons. The lowest BCUT2D eigenvalue weighted by atomic mass is 10.2. The van der Waals surface area contributed by atoms with Crippen molar-refractivity contribution in [2.45, 2.75) is 48.4 Å². The summed E-state index contributed by atoms with van der Waals surface area (Å²) < 4.78 is 0. The molecule has 2 fully saturated rings. The van der Waals surface area contributed by atoms with E-state index in [1.807, 2.05) is 18.8 Å². The van der Waals surface area contributed by atoms with E-state index in [9.17, 15) is 0 Å². The number of nitrogens with one attached hydrogen (secondary N) is 1. The average molecular weight is 295 g/mol. The first kappa shape index (κ1) is 13.6. The van der Waals surface area contributed by atoms with Crippen LogP contribution in [0.3, 0.4) is 0 Å². The highest BCUT2D eigenvalue weighted by atomic mass is 32.2. The van der Waals surface area contributed by atoms with Crippen molar-refractivity contribution < 1.29 is 0 Å². The van der Waals surface area contributed by atoms with E-state index in [4.69, 9.17) is 4.98 Å². The molecule has 0 bridgehead atoms. The van der Waals surface area contributed by atoms with Crippen LogP contribution in [-0.4, -0.2) is 33.3 Å². The number of hydrogen-bond donors (Lipinski definition) is 1. The van der Waals surface area contributed by atoms with Gasteiger partial charge >= 0.3 is 0 Å². The van der Waals surface area contributed by atoms with Crippen LogP contribution in [-0.2, 0) is 0 Å². The first-order valence-electron chi connectivity index (χ1n) is 7.01. The lowest BCUT2D eigenvalue weighted by Crippen LogP contribution is -2.23. The summed E-state index contributed by atoms with van der Waals surface area (Å²) in [4.78, 5) is 9.53. The molecule has 1 aliphatic carbocycles. The van der Waals surface area contributed by atoms with Gasteiger partial charge in [0, 0.05) is 41.0 Å². The topological polar surface area (TPSA) is 37.8 Å². The Morgan fingerprint density at radius 1 is 1.21 bits per heavy atom. The molecule has 3 nitrogen and oxygen atoms in total. The van der Waals surface area contributed by atoms with E-state index in [2.05, 4.69) is 42.0 Å². The van der Waals surface area contributed by atoms with Crippen molar-refractivity contribution in [2.75, 3.05) is 18.1 Å². The van der Waals surface area contributed by atoms with E-state index >= 15 is 0 Å². The van der Waals surface area contributed by atoms with Gasteiger partial charge in [-0.05, 0) is 12.8 Å². The van der Waals surface area contributed by atoms with Crippen molar-refractivity contribution >= 4 is 29.3 Å². The molecule has 1 aromatic heterocycles. The van der Waals surface area contributed by atoms with Crippen molar-refractivity contribution in [3.63, 3.8) is 0 Å². The van der Waals surface area contributed by atoms with Gasteiger partial charge < -0.3 is 5.32 Å². The van der Waals surface area contributed by atoms with Gasteiger partial charge in [-0.25, -0.2) is 9.97 Å². The molecule has 2 heterocycles. The van der Waals surface area contributed by atoms with Crippen LogP contribution in [0.4, 0.5) is 5.82 Å². The Morgan fingerprint density at radius 3 is 2.63 bits per heavy atom. The number of hydrogen-bond acceptors (Lipinski definition) is 5. The molecule has 3 rings (SSSR count). The molecule has 19 heavy (non-hydrogen) atoms. The van der Waals surface area contributed by atoms with Gasteiger partial charge in [0.05, 0.1) is 5.25 Å². The molecule has 0 amide bonds. The third-order valence-electron chi connectivity index (χ3n) is 3.85. The van der Waals surface area contributed by atoms with Crippen molar-refractivity contribution in [3.8, 4) is 0 Å². The molecule has 1 aromatic rings. The maximum absolute atomic E-state index is 4.84. The van der Waals surface area contributed by atoms with Gasteiger partial charge in [0.1, 0.15) is 11.6 Å². The minimum atomic E-state index is 0.446. The lowest BCUT2D eigenvalue weighted by Gasteiger charge is -2.30. The fourth-order valence-corrected chi connectivity index (χ4v) is 5.11. The van der Waals surface area contributed by atoms with E-state index in [1.165, 1.54) is 18.5 Å². The van der Waals surface area contributed by atoms with E-state index < -0.39 is 0 Å². The average Bonchev–Trinajstić information content (AvgIpc) is 3.26.